The summed E-state index contributed by atoms with van der Waals surface area (Å²) in [5.41, 5.74) is 6.10. The van der Waals surface area contributed by atoms with E-state index in [1.54, 1.807) is 12.4 Å². The molecule has 100 valence electrons. The number of carbonyl (C=O) groups excluding carboxylic acids is 1. The molecule has 1 aliphatic heterocycles. The van der Waals surface area contributed by atoms with Crippen LogP contribution in [0.4, 0.5) is 5.82 Å². The molecule has 3 rings (SSSR count). The second kappa shape index (κ2) is 4.47. The summed E-state index contributed by atoms with van der Waals surface area (Å²) >= 11 is 0. The standard InChI is InChI=1S/C11H15N7O/c1-7-15-16-11-10(14-3-5-17(7)11)18-4-2-13-6-8(18)9(12)19/h3,5,8,13H,2,4,6H2,1H3,(H2,12,19). The van der Waals surface area contributed by atoms with Crippen molar-refractivity contribution in [1.29, 1.82) is 0 Å². The maximum Gasteiger partial charge on any atom is 0.241 e. The molecule has 1 aliphatic rings. The highest BCUT2D eigenvalue weighted by Crippen LogP contribution is 2.20. The van der Waals surface area contributed by atoms with Crippen LogP contribution in [0.2, 0.25) is 0 Å². The monoisotopic (exact) mass is 261 g/mol. The number of amides is 1. The Bertz CT molecular complexity index is 623. The molecule has 2 aromatic rings. The van der Waals surface area contributed by atoms with Gasteiger partial charge in [0.25, 0.3) is 0 Å². The van der Waals surface area contributed by atoms with E-state index in [1.807, 2.05) is 16.2 Å². The van der Waals surface area contributed by atoms with Crippen LogP contribution in [0.15, 0.2) is 12.4 Å². The Kier molecular flexibility index (Phi) is 2.79. The first kappa shape index (κ1) is 11.8. The molecular weight excluding hydrogens is 246 g/mol. The van der Waals surface area contributed by atoms with E-state index < -0.39 is 6.04 Å². The number of carbonyl (C=O) groups is 1. The molecule has 1 saturated heterocycles. The van der Waals surface area contributed by atoms with Crippen molar-refractivity contribution in [3.05, 3.63) is 18.2 Å². The average Bonchev–Trinajstić information content (AvgIpc) is 2.81. The summed E-state index contributed by atoms with van der Waals surface area (Å²) in [6.07, 6.45) is 3.48. The van der Waals surface area contributed by atoms with Gasteiger partial charge in [0.2, 0.25) is 11.6 Å². The van der Waals surface area contributed by atoms with Crippen molar-refractivity contribution in [3.8, 4) is 0 Å². The molecule has 1 fully saturated rings. The Hall–Kier alpha value is -2.22. The Balaban J connectivity index is 2.09. The highest BCUT2D eigenvalue weighted by Gasteiger charge is 2.29. The van der Waals surface area contributed by atoms with Gasteiger partial charge >= 0.3 is 0 Å². The second-order valence-electron chi connectivity index (χ2n) is 4.51. The van der Waals surface area contributed by atoms with Gasteiger partial charge < -0.3 is 16.0 Å². The van der Waals surface area contributed by atoms with Crippen LogP contribution in [0.25, 0.3) is 5.65 Å². The zero-order valence-corrected chi connectivity index (χ0v) is 10.6. The summed E-state index contributed by atoms with van der Waals surface area (Å²) in [6.45, 7) is 3.82. The number of nitrogens with one attached hydrogen (secondary N) is 1. The number of hydrogen-bond acceptors (Lipinski definition) is 6. The van der Waals surface area contributed by atoms with E-state index in [0.717, 1.165) is 12.4 Å². The first-order valence-corrected chi connectivity index (χ1v) is 6.11. The van der Waals surface area contributed by atoms with Gasteiger partial charge in [-0.2, -0.15) is 0 Å². The Morgan fingerprint density at radius 3 is 3.16 bits per heavy atom. The lowest BCUT2D eigenvalue weighted by molar-refractivity contribution is -0.119. The second-order valence-corrected chi connectivity index (χ2v) is 4.51. The predicted octanol–water partition coefficient (Wildman–Crippen LogP) is -1.30. The normalized spacial score (nSPS) is 19.8. The number of nitrogens with zero attached hydrogens (tertiary/aromatic N) is 5. The average molecular weight is 261 g/mol. The summed E-state index contributed by atoms with van der Waals surface area (Å²) in [4.78, 5) is 17.8. The van der Waals surface area contributed by atoms with Crippen molar-refractivity contribution in [1.82, 2.24) is 24.9 Å². The highest BCUT2D eigenvalue weighted by atomic mass is 16.1. The summed E-state index contributed by atoms with van der Waals surface area (Å²) in [7, 11) is 0. The number of hydrogen-bond donors (Lipinski definition) is 2. The van der Waals surface area contributed by atoms with E-state index in [0.29, 0.717) is 24.6 Å². The molecule has 1 atom stereocenters. The third kappa shape index (κ3) is 1.89. The molecule has 0 saturated carbocycles. The van der Waals surface area contributed by atoms with Gasteiger partial charge in [0.05, 0.1) is 0 Å². The van der Waals surface area contributed by atoms with Crippen LogP contribution < -0.4 is 16.0 Å². The van der Waals surface area contributed by atoms with E-state index in [1.165, 1.54) is 0 Å². The lowest BCUT2D eigenvalue weighted by atomic mass is 10.2. The summed E-state index contributed by atoms with van der Waals surface area (Å²) in [6, 6.07) is -0.413. The van der Waals surface area contributed by atoms with Crippen LogP contribution in [-0.2, 0) is 4.79 Å². The van der Waals surface area contributed by atoms with E-state index in [-0.39, 0.29) is 5.91 Å². The van der Waals surface area contributed by atoms with Crippen LogP contribution in [0.5, 0.6) is 0 Å². The van der Waals surface area contributed by atoms with Gasteiger partial charge in [-0.3, -0.25) is 9.20 Å². The highest BCUT2D eigenvalue weighted by molar-refractivity contribution is 5.85. The molecule has 3 N–H and O–H groups in total. The molecule has 1 amide bonds. The van der Waals surface area contributed by atoms with Crippen molar-refractivity contribution < 1.29 is 4.79 Å². The molecule has 3 heterocycles. The summed E-state index contributed by atoms with van der Waals surface area (Å²) < 4.78 is 1.85. The van der Waals surface area contributed by atoms with Crippen molar-refractivity contribution in [2.45, 2.75) is 13.0 Å². The minimum atomic E-state index is -0.413. The van der Waals surface area contributed by atoms with Crippen LogP contribution in [0.1, 0.15) is 5.82 Å². The SMILES string of the molecule is Cc1nnc2c(N3CCNCC3C(N)=O)nccn12. The largest absolute Gasteiger partial charge is 0.368 e. The maximum atomic E-state index is 11.5. The van der Waals surface area contributed by atoms with E-state index >= 15 is 0 Å². The van der Waals surface area contributed by atoms with Crippen LogP contribution in [0.3, 0.4) is 0 Å². The summed E-state index contributed by atoms with van der Waals surface area (Å²) in [5.74, 6) is 1.06. The lowest BCUT2D eigenvalue weighted by Gasteiger charge is -2.34. The van der Waals surface area contributed by atoms with Crippen molar-refractivity contribution in [2.75, 3.05) is 24.5 Å². The number of nitrogens with two attached hydrogens (primary N) is 1. The molecule has 0 aromatic carbocycles. The van der Waals surface area contributed by atoms with Gasteiger partial charge in [-0.25, -0.2) is 4.98 Å². The van der Waals surface area contributed by atoms with Gasteiger partial charge in [-0.05, 0) is 6.92 Å². The molecular formula is C11H15N7O. The quantitative estimate of drug-likeness (QED) is 0.696. The number of anilines is 1. The fourth-order valence-electron chi connectivity index (χ4n) is 2.34. The number of piperazine rings is 1. The number of rotatable bonds is 2. The Morgan fingerprint density at radius 1 is 1.53 bits per heavy atom. The van der Waals surface area contributed by atoms with Gasteiger partial charge in [0.1, 0.15) is 11.9 Å². The molecule has 0 bridgehead atoms. The van der Waals surface area contributed by atoms with Crippen molar-refractivity contribution in [2.24, 2.45) is 5.73 Å². The van der Waals surface area contributed by atoms with Gasteiger partial charge in [0, 0.05) is 32.0 Å². The van der Waals surface area contributed by atoms with E-state index in [9.17, 15) is 4.79 Å². The first-order chi connectivity index (χ1) is 9.18. The molecule has 2 aromatic heterocycles. The topological polar surface area (TPSA) is 101 Å². The fourth-order valence-corrected chi connectivity index (χ4v) is 2.34. The van der Waals surface area contributed by atoms with Crippen molar-refractivity contribution >= 4 is 17.4 Å². The molecule has 8 heteroatoms. The van der Waals surface area contributed by atoms with Crippen LogP contribution >= 0.6 is 0 Å². The zero-order chi connectivity index (χ0) is 13.4. The van der Waals surface area contributed by atoms with Gasteiger partial charge in [-0.1, -0.05) is 0 Å². The zero-order valence-electron chi connectivity index (χ0n) is 10.6. The van der Waals surface area contributed by atoms with Gasteiger partial charge in [0.15, 0.2) is 5.82 Å². The number of primary amides is 1. The number of aromatic nitrogens is 4. The van der Waals surface area contributed by atoms with Gasteiger partial charge in [-0.15, -0.1) is 10.2 Å². The maximum absolute atomic E-state index is 11.5. The molecule has 8 nitrogen and oxygen atoms in total. The minimum absolute atomic E-state index is 0.368. The predicted molar refractivity (Wildman–Crippen MR) is 68.7 cm³/mol. The molecule has 19 heavy (non-hydrogen) atoms. The van der Waals surface area contributed by atoms with Crippen LogP contribution in [-0.4, -0.2) is 51.2 Å². The van der Waals surface area contributed by atoms with Crippen molar-refractivity contribution in [3.63, 3.8) is 0 Å². The first-order valence-electron chi connectivity index (χ1n) is 6.11. The molecule has 0 aliphatic carbocycles. The van der Waals surface area contributed by atoms with E-state index in [4.69, 9.17) is 5.73 Å². The third-order valence-electron chi connectivity index (χ3n) is 3.32. The minimum Gasteiger partial charge on any atom is -0.368 e. The Morgan fingerprint density at radius 2 is 2.37 bits per heavy atom. The fraction of sp³-hybridized carbons (Fsp3) is 0.455. The molecule has 1 unspecified atom stereocenters. The molecule has 0 radical (unpaired) electrons. The number of fused-ring (bicyclic) bond motifs is 1. The number of aryl methyl sites for hydroxylation is 1. The van der Waals surface area contributed by atoms with E-state index in [2.05, 4.69) is 20.5 Å². The third-order valence-corrected chi connectivity index (χ3v) is 3.32. The summed E-state index contributed by atoms with van der Waals surface area (Å²) in [5, 5.41) is 11.3. The smallest absolute Gasteiger partial charge is 0.241 e. The lowest BCUT2D eigenvalue weighted by Crippen LogP contribution is -2.57. The molecule has 0 spiro atoms. The van der Waals surface area contributed by atoms with Crippen LogP contribution in [0, 0.1) is 6.92 Å². The Labute approximate surface area is 109 Å².